The van der Waals surface area contributed by atoms with Crippen LogP contribution < -0.4 is 10.6 Å². The van der Waals surface area contributed by atoms with Gasteiger partial charge < -0.3 is 0 Å². The number of nitrogens with zero attached hydrogens (tertiary/aromatic N) is 4. The molecule has 0 unspecified atom stereocenters. The minimum absolute atomic E-state index is 0.567. The van der Waals surface area contributed by atoms with Gasteiger partial charge in [0.1, 0.15) is 0 Å². The predicted molar refractivity (Wildman–Crippen MR) is 60.8 cm³/mol. The molecule has 0 bridgehead atoms. The number of rotatable bonds is 2. The van der Waals surface area contributed by atoms with E-state index in [1.165, 1.54) is 0 Å². The van der Waals surface area contributed by atoms with Crippen molar-refractivity contribution in [3.8, 4) is 0 Å². The van der Waals surface area contributed by atoms with E-state index in [0.29, 0.717) is 0 Å². The maximum absolute atomic E-state index is 4.35. The molecular formula is C11H12N6. The third kappa shape index (κ3) is 1.67. The summed E-state index contributed by atoms with van der Waals surface area (Å²) in [5.74, 6) is 0. The molecule has 86 valence electrons. The Bertz CT molecular complexity index is 438. The van der Waals surface area contributed by atoms with Crippen LogP contribution in [0.5, 0.6) is 0 Å². The van der Waals surface area contributed by atoms with Crippen LogP contribution in [0.4, 0.5) is 0 Å². The Hall–Kier alpha value is -1.92. The molecule has 0 saturated carbocycles. The normalized spacial score (nSPS) is 18.1. The lowest BCUT2D eigenvalue weighted by molar-refractivity contribution is 0.396. The first-order chi connectivity index (χ1) is 8.42. The zero-order valence-electron chi connectivity index (χ0n) is 9.17. The average Bonchev–Trinajstić information content (AvgIpc) is 2.91. The second-order valence-electron chi connectivity index (χ2n) is 3.78. The molecule has 3 heterocycles. The van der Waals surface area contributed by atoms with Gasteiger partial charge in [-0.2, -0.15) is 0 Å². The molecule has 0 atom stereocenters. The molecule has 1 fully saturated rings. The summed E-state index contributed by atoms with van der Waals surface area (Å²) in [6.45, 7) is 1.71. The molecule has 17 heavy (non-hydrogen) atoms. The van der Waals surface area contributed by atoms with Crippen LogP contribution in [0.1, 0.15) is 11.4 Å². The first kappa shape index (κ1) is 10.2. The maximum atomic E-state index is 4.35. The number of aromatic nitrogens is 4. The summed E-state index contributed by atoms with van der Waals surface area (Å²) < 4.78 is 0. The highest BCUT2D eigenvalue weighted by Gasteiger charge is 2.39. The van der Waals surface area contributed by atoms with Gasteiger partial charge in [-0.15, -0.1) is 0 Å². The van der Waals surface area contributed by atoms with Crippen molar-refractivity contribution in [1.29, 1.82) is 0 Å². The van der Waals surface area contributed by atoms with Crippen molar-refractivity contribution >= 4 is 0 Å². The SMILES string of the molecule is c1cnc(C2(c3cnccn3)NCCN2)cn1. The number of hydrogen-bond donors (Lipinski definition) is 2. The predicted octanol–water partition coefficient (Wildman–Crippen LogP) is -0.340. The summed E-state index contributed by atoms with van der Waals surface area (Å²) in [6.07, 6.45) is 10.1. The van der Waals surface area contributed by atoms with Gasteiger partial charge >= 0.3 is 0 Å². The second kappa shape index (κ2) is 4.15. The molecule has 3 rings (SSSR count). The monoisotopic (exact) mass is 228 g/mol. The highest BCUT2D eigenvalue weighted by atomic mass is 15.3. The van der Waals surface area contributed by atoms with Crippen molar-refractivity contribution in [3.63, 3.8) is 0 Å². The van der Waals surface area contributed by atoms with Crippen LogP contribution in [-0.2, 0) is 5.66 Å². The molecule has 0 radical (unpaired) electrons. The summed E-state index contributed by atoms with van der Waals surface area (Å²) in [7, 11) is 0. The third-order valence-electron chi connectivity index (χ3n) is 2.80. The Morgan fingerprint density at radius 2 is 1.35 bits per heavy atom. The van der Waals surface area contributed by atoms with E-state index >= 15 is 0 Å². The molecule has 1 aliphatic rings. The zero-order valence-corrected chi connectivity index (χ0v) is 9.17. The lowest BCUT2D eigenvalue weighted by Crippen LogP contribution is -2.48. The van der Waals surface area contributed by atoms with Gasteiger partial charge in [0, 0.05) is 37.9 Å². The van der Waals surface area contributed by atoms with Crippen LogP contribution in [0.2, 0.25) is 0 Å². The molecule has 2 N–H and O–H groups in total. The maximum Gasteiger partial charge on any atom is 0.159 e. The van der Waals surface area contributed by atoms with Gasteiger partial charge in [0.25, 0.3) is 0 Å². The summed E-state index contributed by atoms with van der Waals surface area (Å²) in [6, 6.07) is 0. The van der Waals surface area contributed by atoms with Crippen molar-refractivity contribution in [2.75, 3.05) is 13.1 Å². The Labute approximate surface area is 98.6 Å². The van der Waals surface area contributed by atoms with E-state index in [9.17, 15) is 0 Å². The van der Waals surface area contributed by atoms with Crippen molar-refractivity contribution in [1.82, 2.24) is 30.6 Å². The Balaban J connectivity index is 2.11. The van der Waals surface area contributed by atoms with Gasteiger partial charge in [-0.25, -0.2) is 0 Å². The quantitative estimate of drug-likeness (QED) is 0.732. The van der Waals surface area contributed by atoms with E-state index in [1.807, 2.05) is 0 Å². The number of nitrogens with one attached hydrogen (secondary N) is 2. The molecule has 0 spiro atoms. The smallest absolute Gasteiger partial charge is 0.159 e. The van der Waals surface area contributed by atoms with Gasteiger partial charge in [0.05, 0.1) is 23.8 Å². The minimum Gasteiger partial charge on any atom is -0.288 e. The van der Waals surface area contributed by atoms with Crippen molar-refractivity contribution in [3.05, 3.63) is 48.6 Å². The van der Waals surface area contributed by atoms with Crippen LogP contribution in [0, 0.1) is 0 Å². The van der Waals surface area contributed by atoms with E-state index in [2.05, 4.69) is 30.6 Å². The van der Waals surface area contributed by atoms with Crippen molar-refractivity contribution in [2.24, 2.45) is 0 Å². The Kier molecular flexibility index (Phi) is 2.50. The van der Waals surface area contributed by atoms with Crippen molar-refractivity contribution < 1.29 is 0 Å². The molecule has 0 amide bonds. The molecule has 2 aromatic heterocycles. The lowest BCUT2D eigenvalue weighted by atomic mass is 10.0. The van der Waals surface area contributed by atoms with E-state index in [1.54, 1.807) is 37.2 Å². The van der Waals surface area contributed by atoms with Crippen LogP contribution in [0.15, 0.2) is 37.2 Å². The topological polar surface area (TPSA) is 75.6 Å². The first-order valence-corrected chi connectivity index (χ1v) is 5.45. The fraction of sp³-hybridized carbons (Fsp3) is 0.273. The van der Waals surface area contributed by atoms with Crippen LogP contribution in [0.25, 0.3) is 0 Å². The molecule has 1 aliphatic heterocycles. The molecule has 6 heteroatoms. The highest BCUT2D eigenvalue weighted by molar-refractivity contribution is 5.27. The van der Waals surface area contributed by atoms with Gasteiger partial charge in [-0.1, -0.05) is 0 Å². The number of hydrogen-bond acceptors (Lipinski definition) is 6. The molecule has 0 aliphatic carbocycles. The minimum atomic E-state index is -0.567. The molecule has 1 saturated heterocycles. The average molecular weight is 228 g/mol. The van der Waals surface area contributed by atoms with Crippen LogP contribution >= 0.6 is 0 Å². The fourth-order valence-electron chi connectivity index (χ4n) is 2.04. The molecule has 6 nitrogen and oxygen atoms in total. The standard InChI is InChI=1S/C11H12N6/c1-3-14-9(7-12-1)11(16-5-6-17-11)10-8-13-2-4-15-10/h1-4,7-8,16-17H,5-6H2. The van der Waals surface area contributed by atoms with Crippen LogP contribution in [0.3, 0.4) is 0 Å². The second-order valence-corrected chi connectivity index (χ2v) is 3.78. The zero-order chi connectivity index (χ0) is 11.6. The largest absolute Gasteiger partial charge is 0.288 e. The van der Waals surface area contributed by atoms with Gasteiger partial charge in [-0.05, 0) is 0 Å². The fourth-order valence-corrected chi connectivity index (χ4v) is 2.04. The van der Waals surface area contributed by atoms with Gasteiger partial charge in [0.2, 0.25) is 0 Å². The summed E-state index contributed by atoms with van der Waals surface area (Å²) in [4.78, 5) is 16.9. The van der Waals surface area contributed by atoms with E-state index in [0.717, 1.165) is 24.5 Å². The van der Waals surface area contributed by atoms with Crippen molar-refractivity contribution in [2.45, 2.75) is 5.66 Å². The van der Waals surface area contributed by atoms with Gasteiger partial charge in [-0.3, -0.25) is 30.6 Å². The van der Waals surface area contributed by atoms with E-state index < -0.39 is 5.66 Å². The van der Waals surface area contributed by atoms with Gasteiger partial charge in [0.15, 0.2) is 5.66 Å². The first-order valence-electron chi connectivity index (χ1n) is 5.45. The summed E-state index contributed by atoms with van der Waals surface area (Å²) >= 11 is 0. The molecule has 0 aromatic carbocycles. The Morgan fingerprint density at radius 1 is 0.824 bits per heavy atom. The summed E-state index contributed by atoms with van der Waals surface area (Å²) in [5, 5.41) is 6.77. The highest BCUT2D eigenvalue weighted by Crippen LogP contribution is 2.24. The lowest BCUT2D eigenvalue weighted by Gasteiger charge is -2.27. The third-order valence-corrected chi connectivity index (χ3v) is 2.80. The summed E-state index contributed by atoms with van der Waals surface area (Å²) in [5.41, 5.74) is 1.04. The van der Waals surface area contributed by atoms with Crippen LogP contribution in [-0.4, -0.2) is 33.0 Å². The van der Waals surface area contributed by atoms with E-state index in [4.69, 9.17) is 0 Å². The Morgan fingerprint density at radius 3 is 1.76 bits per heavy atom. The van der Waals surface area contributed by atoms with E-state index in [-0.39, 0.29) is 0 Å². The molecule has 2 aromatic rings. The molecular weight excluding hydrogens is 216 g/mol.